The molecule has 300 valence electrons. The van der Waals surface area contributed by atoms with E-state index < -0.39 is 0 Å². The molecule has 2 N–H and O–H groups in total. The number of carbonyl (C=O) groups is 3. The SMILES string of the molecule is C=C(OCC)c1ccnc2c(N(C)C)c(C(=O)N[C@H]3CCOc4ccccc43)sc12.CC(=O)c1ccnc2c(N(C)C)c(C(=O)N[C@H]3CCOc4ccccc43)sc12. The number of pyridine rings is 2. The number of hydrogen-bond donors (Lipinski definition) is 2. The van der Waals surface area contributed by atoms with Crippen LogP contribution in [-0.4, -0.2) is 75.6 Å². The maximum atomic E-state index is 13.4. The van der Waals surface area contributed by atoms with Crippen LogP contribution < -0.4 is 29.9 Å². The molecule has 0 unspecified atom stereocenters. The Kier molecular flexibility index (Phi) is 12.0. The minimum absolute atomic E-state index is 0.0377. The van der Waals surface area contributed by atoms with Crippen LogP contribution in [0, 0.1) is 0 Å². The number of aromatic nitrogens is 2. The fraction of sp³-hybridized carbons (Fsp3) is 0.295. The highest BCUT2D eigenvalue weighted by molar-refractivity contribution is 7.22. The fourth-order valence-electron chi connectivity index (χ4n) is 7.27. The molecule has 6 aromatic rings. The summed E-state index contributed by atoms with van der Waals surface area (Å²) < 4.78 is 18.7. The van der Waals surface area contributed by atoms with Crippen molar-refractivity contribution in [3.8, 4) is 11.5 Å². The number of ketones is 1. The monoisotopic (exact) mass is 818 g/mol. The number of para-hydroxylation sites is 2. The fourth-order valence-corrected chi connectivity index (χ4v) is 9.84. The van der Waals surface area contributed by atoms with Gasteiger partial charge in [-0.05, 0) is 38.1 Å². The van der Waals surface area contributed by atoms with Gasteiger partial charge in [0.1, 0.15) is 38.0 Å². The van der Waals surface area contributed by atoms with Crippen molar-refractivity contribution in [2.75, 3.05) is 57.8 Å². The Morgan fingerprint density at radius 2 is 1.19 bits per heavy atom. The molecule has 2 aliphatic heterocycles. The molecule has 2 atom stereocenters. The molecule has 0 bridgehead atoms. The lowest BCUT2D eigenvalue weighted by atomic mass is 10.0. The van der Waals surface area contributed by atoms with E-state index in [1.54, 1.807) is 18.5 Å². The van der Waals surface area contributed by atoms with Crippen LogP contribution >= 0.6 is 22.7 Å². The largest absolute Gasteiger partial charge is 0.494 e. The first-order chi connectivity index (χ1) is 28.0. The first-order valence-electron chi connectivity index (χ1n) is 19.0. The molecule has 4 aromatic heterocycles. The van der Waals surface area contributed by atoms with Gasteiger partial charge in [0.25, 0.3) is 11.8 Å². The number of hydrogen-bond acceptors (Lipinski definition) is 12. The number of thiophene rings is 2. The number of rotatable bonds is 10. The van der Waals surface area contributed by atoms with E-state index in [9.17, 15) is 14.4 Å². The summed E-state index contributed by atoms with van der Waals surface area (Å²) in [6.07, 6.45) is 4.80. The van der Waals surface area contributed by atoms with E-state index >= 15 is 0 Å². The molecule has 0 aliphatic carbocycles. The minimum atomic E-state index is -0.164. The molecule has 2 amide bonds. The van der Waals surface area contributed by atoms with Crippen LogP contribution in [0.3, 0.4) is 0 Å². The molecule has 0 spiro atoms. The second-order valence-electron chi connectivity index (χ2n) is 14.2. The highest BCUT2D eigenvalue weighted by Gasteiger charge is 2.30. The second-order valence-corrected chi connectivity index (χ2v) is 16.3. The quantitative estimate of drug-likeness (QED) is 0.102. The molecule has 58 heavy (non-hydrogen) atoms. The minimum Gasteiger partial charge on any atom is -0.494 e. The van der Waals surface area contributed by atoms with Crippen molar-refractivity contribution in [1.29, 1.82) is 0 Å². The average Bonchev–Trinajstić information content (AvgIpc) is 3.82. The van der Waals surface area contributed by atoms with Gasteiger partial charge >= 0.3 is 0 Å². The van der Waals surface area contributed by atoms with Crippen molar-refractivity contribution >= 4 is 77.8 Å². The summed E-state index contributed by atoms with van der Waals surface area (Å²) >= 11 is 2.74. The summed E-state index contributed by atoms with van der Waals surface area (Å²) in [5.74, 6) is 1.91. The molecule has 0 saturated carbocycles. The van der Waals surface area contributed by atoms with Crippen LogP contribution in [0.5, 0.6) is 11.5 Å². The second kappa shape index (κ2) is 17.2. The van der Waals surface area contributed by atoms with Crippen LogP contribution in [0.2, 0.25) is 0 Å². The van der Waals surface area contributed by atoms with E-state index in [2.05, 4.69) is 27.2 Å². The van der Waals surface area contributed by atoms with Gasteiger partial charge in [0, 0.05) is 75.7 Å². The number of nitrogens with one attached hydrogen (secondary N) is 2. The van der Waals surface area contributed by atoms with Gasteiger partial charge in [-0.3, -0.25) is 24.4 Å². The molecule has 12 nitrogen and oxygen atoms in total. The predicted molar refractivity (Wildman–Crippen MR) is 232 cm³/mol. The Morgan fingerprint density at radius 3 is 1.64 bits per heavy atom. The van der Waals surface area contributed by atoms with Gasteiger partial charge in [-0.1, -0.05) is 43.0 Å². The van der Waals surface area contributed by atoms with Crippen LogP contribution in [-0.2, 0) is 4.74 Å². The summed E-state index contributed by atoms with van der Waals surface area (Å²) in [5.41, 5.74) is 6.45. The molecule has 2 aromatic carbocycles. The van der Waals surface area contributed by atoms with Crippen molar-refractivity contribution in [3.05, 3.63) is 112 Å². The smallest absolute Gasteiger partial charge is 0.264 e. The Hall–Kier alpha value is -5.99. The third kappa shape index (κ3) is 7.94. The number of carbonyl (C=O) groups excluding carboxylic acids is 3. The van der Waals surface area contributed by atoms with E-state index in [-0.39, 0.29) is 29.7 Å². The molecular weight excluding hydrogens is 773 g/mol. The average molecular weight is 819 g/mol. The molecule has 2 aliphatic rings. The Morgan fingerprint density at radius 1 is 0.741 bits per heavy atom. The molecule has 0 saturated heterocycles. The van der Waals surface area contributed by atoms with Gasteiger partial charge in [0.15, 0.2) is 5.78 Å². The van der Waals surface area contributed by atoms with Crippen molar-refractivity contribution in [3.63, 3.8) is 0 Å². The number of Topliss-reactive ketones (excluding diaryl/α,β-unsaturated/α-hetero) is 1. The van der Waals surface area contributed by atoms with E-state index in [0.717, 1.165) is 60.9 Å². The maximum Gasteiger partial charge on any atom is 0.264 e. The van der Waals surface area contributed by atoms with Crippen molar-refractivity contribution in [2.45, 2.75) is 38.8 Å². The van der Waals surface area contributed by atoms with E-state index in [1.807, 2.05) is 99.5 Å². The number of nitrogens with zero attached hydrogens (tertiary/aromatic N) is 4. The van der Waals surface area contributed by atoms with E-state index in [1.165, 1.54) is 29.6 Å². The summed E-state index contributed by atoms with van der Waals surface area (Å²) in [6, 6.07) is 19.0. The molecular formula is C44H46N6O6S2. The third-order valence-electron chi connectivity index (χ3n) is 9.93. The van der Waals surface area contributed by atoms with Crippen molar-refractivity contribution < 1.29 is 28.6 Å². The van der Waals surface area contributed by atoms with Crippen LogP contribution in [0.1, 0.15) is 85.2 Å². The number of amides is 2. The Bertz CT molecular complexity index is 2530. The number of ether oxygens (including phenoxy) is 3. The number of fused-ring (bicyclic) bond motifs is 4. The summed E-state index contributed by atoms with van der Waals surface area (Å²) in [7, 11) is 7.61. The van der Waals surface area contributed by atoms with Gasteiger partial charge in [0.2, 0.25) is 0 Å². The first kappa shape index (κ1) is 40.2. The molecule has 8 rings (SSSR count). The molecule has 0 fully saturated rings. The van der Waals surface area contributed by atoms with E-state index in [0.29, 0.717) is 52.8 Å². The normalized spacial score (nSPS) is 15.4. The highest BCUT2D eigenvalue weighted by atomic mass is 32.1. The Balaban J connectivity index is 0.000000177. The number of anilines is 2. The van der Waals surface area contributed by atoms with Gasteiger partial charge in [-0.2, -0.15) is 0 Å². The molecule has 14 heteroatoms. The van der Waals surface area contributed by atoms with E-state index in [4.69, 9.17) is 14.2 Å². The lowest BCUT2D eigenvalue weighted by Gasteiger charge is -2.26. The topological polar surface area (TPSA) is 135 Å². The standard InChI is InChI=1S/C23H25N3O3S.C21H21N3O3S/c1-5-28-14(2)15-10-12-24-19-20(26(3)4)22(30-21(15)19)23(27)25-17-11-13-29-18-9-7-6-8-16(17)18;1-12(25)13-8-10-22-17-18(24(2)3)20(28-19(13)17)21(26)23-15-9-11-27-16-7-5-4-6-14(15)16/h6-10,12,17H,2,5,11,13H2,1,3-4H3,(H,25,27);4-8,10,15H,9,11H2,1-3H3,(H,23,26)/t17-;15-/m00/s1. The van der Waals surface area contributed by atoms with Crippen LogP contribution in [0.25, 0.3) is 26.2 Å². The summed E-state index contributed by atoms with van der Waals surface area (Å²) in [6.45, 7) is 9.17. The highest BCUT2D eigenvalue weighted by Crippen LogP contribution is 2.42. The van der Waals surface area contributed by atoms with Crippen LogP contribution in [0.4, 0.5) is 11.4 Å². The van der Waals surface area contributed by atoms with Gasteiger partial charge in [0.05, 0.1) is 52.7 Å². The molecule has 0 radical (unpaired) electrons. The van der Waals surface area contributed by atoms with Gasteiger partial charge in [-0.15, -0.1) is 22.7 Å². The van der Waals surface area contributed by atoms with Gasteiger partial charge < -0.3 is 34.6 Å². The predicted octanol–water partition coefficient (Wildman–Crippen LogP) is 8.44. The van der Waals surface area contributed by atoms with Crippen molar-refractivity contribution in [2.24, 2.45) is 0 Å². The lowest BCUT2D eigenvalue weighted by molar-refractivity contribution is 0.0920. The van der Waals surface area contributed by atoms with Crippen molar-refractivity contribution in [1.82, 2.24) is 20.6 Å². The summed E-state index contributed by atoms with van der Waals surface area (Å²) in [5, 5.41) is 6.35. The third-order valence-corrected chi connectivity index (χ3v) is 12.3. The lowest BCUT2D eigenvalue weighted by Crippen LogP contribution is -2.32. The number of benzene rings is 2. The van der Waals surface area contributed by atoms with Crippen LogP contribution in [0.15, 0.2) is 79.6 Å². The molecule has 6 heterocycles. The zero-order chi connectivity index (χ0) is 41.1. The van der Waals surface area contributed by atoms with Gasteiger partial charge in [-0.25, -0.2) is 0 Å². The summed E-state index contributed by atoms with van der Waals surface area (Å²) in [4.78, 5) is 52.6. The Labute approximate surface area is 345 Å². The first-order valence-corrected chi connectivity index (χ1v) is 20.7. The zero-order valence-corrected chi connectivity index (χ0v) is 35.0. The maximum absolute atomic E-state index is 13.4. The zero-order valence-electron chi connectivity index (χ0n) is 33.4.